The normalized spacial score (nSPS) is 11.2. The second kappa shape index (κ2) is 7.49. The van der Waals surface area contributed by atoms with E-state index in [1.165, 1.54) is 24.5 Å². The fraction of sp³-hybridized carbons (Fsp3) is 0.111. The molecule has 2 aromatic heterocycles. The van der Waals surface area contributed by atoms with E-state index in [1.54, 1.807) is 36.5 Å². The molecule has 0 radical (unpaired) electrons. The maximum atomic E-state index is 14.2. The van der Waals surface area contributed by atoms with Crippen molar-refractivity contribution in [2.75, 3.05) is 11.6 Å². The Morgan fingerprint density at radius 2 is 2.00 bits per heavy atom. The summed E-state index contributed by atoms with van der Waals surface area (Å²) in [5.41, 5.74) is 0.690. The highest BCUT2D eigenvalue weighted by molar-refractivity contribution is 7.90. The number of nitrogens with one attached hydrogen (secondary N) is 1. The van der Waals surface area contributed by atoms with Crippen molar-refractivity contribution in [2.45, 2.75) is 11.4 Å². The van der Waals surface area contributed by atoms with Crippen LogP contribution < -0.4 is 10.1 Å². The molecule has 0 saturated heterocycles. The summed E-state index contributed by atoms with van der Waals surface area (Å²) in [6.07, 6.45) is 5.51. The minimum absolute atomic E-state index is 0.109. The lowest BCUT2D eigenvalue weighted by Gasteiger charge is -2.09. The molecule has 2 heterocycles. The fourth-order valence-electron chi connectivity index (χ4n) is 2.17. The van der Waals surface area contributed by atoms with Gasteiger partial charge in [0.05, 0.1) is 11.1 Å². The quantitative estimate of drug-likeness (QED) is 0.713. The van der Waals surface area contributed by atoms with Crippen LogP contribution in [0.4, 0.5) is 10.2 Å². The van der Waals surface area contributed by atoms with Gasteiger partial charge in [-0.3, -0.25) is 4.98 Å². The molecule has 0 aliphatic rings. The Balaban J connectivity index is 1.64. The molecule has 6 nitrogen and oxygen atoms in total. The molecule has 134 valence electrons. The van der Waals surface area contributed by atoms with Gasteiger partial charge in [-0.15, -0.1) is 0 Å². The van der Waals surface area contributed by atoms with Crippen molar-refractivity contribution in [3.05, 3.63) is 72.4 Å². The number of hydrogen-bond acceptors (Lipinski definition) is 6. The Morgan fingerprint density at radius 1 is 1.15 bits per heavy atom. The van der Waals surface area contributed by atoms with E-state index < -0.39 is 15.7 Å². The molecular formula is C18H16FN3O3S. The highest BCUT2D eigenvalue weighted by Gasteiger charge is 2.08. The first kappa shape index (κ1) is 17.8. The van der Waals surface area contributed by atoms with Gasteiger partial charge in [0.25, 0.3) is 0 Å². The number of pyridine rings is 2. The lowest BCUT2D eigenvalue weighted by atomic mass is 10.2. The second-order valence-corrected chi connectivity index (χ2v) is 7.58. The number of aromatic nitrogens is 2. The first-order valence-electron chi connectivity index (χ1n) is 7.68. The molecule has 0 aliphatic heterocycles. The molecule has 3 aromatic rings. The van der Waals surface area contributed by atoms with Crippen LogP contribution in [0.3, 0.4) is 0 Å². The van der Waals surface area contributed by atoms with Gasteiger partial charge in [-0.2, -0.15) is 0 Å². The standard InChI is InChI=1S/C18H16FN3O3S/c1-26(23,24)15-5-7-18(22-12-15)21-10-13-4-6-17(16(19)9-13)25-14-3-2-8-20-11-14/h2-9,11-12H,10H2,1H3,(H,21,22). The van der Waals surface area contributed by atoms with Crippen molar-refractivity contribution >= 4 is 15.7 Å². The Kier molecular flexibility index (Phi) is 5.13. The van der Waals surface area contributed by atoms with E-state index in [4.69, 9.17) is 4.74 Å². The van der Waals surface area contributed by atoms with Crippen LogP contribution in [-0.4, -0.2) is 24.6 Å². The van der Waals surface area contributed by atoms with Gasteiger partial charge in [0, 0.05) is 25.2 Å². The number of rotatable bonds is 6. The summed E-state index contributed by atoms with van der Waals surface area (Å²) >= 11 is 0. The Labute approximate surface area is 150 Å². The molecule has 0 fully saturated rings. The molecule has 0 aliphatic carbocycles. The van der Waals surface area contributed by atoms with Gasteiger partial charge >= 0.3 is 0 Å². The molecule has 0 unspecified atom stereocenters. The van der Waals surface area contributed by atoms with Gasteiger partial charge in [-0.1, -0.05) is 6.07 Å². The van der Waals surface area contributed by atoms with Crippen LogP contribution in [-0.2, 0) is 16.4 Å². The third-order valence-corrected chi connectivity index (χ3v) is 4.59. The molecule has 26 heavy (non-hydrogen) atoms. The Bertz CT molecular complexity index is 994. The monoisotopic (exact) mass is 373 g/mol. The molecule has 0 amide bonds. The van der Waals surface area contributed by atoms with E-state index in [1.807, 2.05) is 0 Å². The molecular weight excluding hydrogens is 357 g/mol. The number of halogens is 1. The summed E-state index contributed by atoms with van der Waals surface area (Å²) in [5, 5.41) is 3.01. The number of benzene rings is 1. The van der Waals surface area contributed by atoms with Gasteiger partial charge in [-0.05, 0) is 42.0 Å². The van der Waals surface area contributed by atoms with E-state index in [0.29, 0.717) is 23.7 Å². The molecule has 0 spiro atoms. The molecule has 0 atom stereocenters. The maximum absolute atomic E-state index is 14.2. The van der Waals surface area contributed by atoms with Crippen molar-refractivity contribution in [1.29, 1.82) is 0 Å². The number of ether oxygens (including phenoxy) is 1. The SMILES string of the molecule is CS(=O)(=O)c1ccc(NCc2ccc(Oc3cccnc3)c(F)c2)nc1. The summed E-state index contributed by atoms with van der Waals surface area (Å²) in [7, 11) is -3.28. The maximum Gasteiger partial charge on any atom is 0.177 e. The zero-order chi connectivity index (χ0) is 18.6. The van der Waals surface area contributed by atoms with E-state index >= 15 is 0 Å². The number of nitrogens with zero attached hydrogens (tertiary/aromatic N) is 2. The minimum atomic E-state index is -3.28. The first-order valence-corrected chi connectivity index (χ1v) is 9.57. The first-order chi connectivity index (χ1) is 12.4. The van der Waals surface area contributed by atoms with E-state index in [-0.39, 0.29) is 10.6 Å². The summed E-state index contributed by atoms with van der Waals surface area (Å²) in [4.78, 5) is 8.10. The highest BCUT2D eigenvalue weighted by atomic mass is 32.2. The van der Waals surface area contributed by atoms with Gasteiger partial charge in [0.1, 0.15) is 11.6 Å². The molecule has 1 N–H and O–H groups in total. The van der Waals surface area contributed by atoms with Crippen LogP contribution in [0.5, 0.6) is 11.5 Å². The van der Waals surface area contributed by atoms with Gasteiger partial charge < -0.3 is 10.1 Å². The third kappa shape index (κ3) is 4.54. The smallest absolute Gasteiger partial charge is 0.177 e. The predicted molar refractivity (Wildman–Crippen MR) is 95.4 cm³/mol. The number of hydrogen-bond donors (Lipinski definition) is 1. The second-order valence-electron chi connectivity index (χ2n) is 5.56. The van der Waals surface area contributed by atoms with Crippen molar-refractivity contribution in [3.63, 3.8) is 0 Å². The van der Waals surface area contributed by atoms with Crippen LogP contribution in [0.2, 0.25) is 0 Å². The highest BCUT2D eigenvalue weighted by Crippen LogP contribution is 2.24. The summed E-state index contributed by atoms with van der Waals surface area (Å²) in [6, 6.07) is 11.1. The lowest BCUT2D eigenvalue weighted by molar-refractivity contribution is 0.440. The lowest BCUT2D eigenvalue weighted by Crippen LogP contribution is -2.03. The van der Waals surface area contributed by atoms with Crippen molar-refractivity contribution in [1.82, 2.24) is 9.97 Å². The van der Waals surface area contributed by atoms with Crippen molar-refractivity contribution in [3.8, 4) is 11.5 Å². The van der Waals surface area contributed by atoms with Crippen molar-refractivity contribution in [2.24, 2.45) is 0 Å². The Morgan fingerprint density at radius 3 is 2.62 bits per heavy atom. The van der Waals surface area contributed by atoms with E-state index in [0.717, 1.165) is 6.26 Å². The Hall–Kier alpha value is -3.00. The molecule has 1 aromatic carbocycles. The molecule has 3 rings (SSSR count). The van der Waals surface area contributed by atoms with Crippen LogP contribution >= 0.6 is 0 Å². The average Bonchev–Trinajstić information content (AvgIpc) is 2.62. The summed E-state index contributed by atoms with van der Waals surface area (Å²) in [5.74, 6) is 0.562. The largest absolute Gasteiger partial charge is 0.453 e. The van der Waals surface area contributed by atoms with Crippen molar-refractivity contribution < 1.29 is 17.5 Å². The van der Waals surface area contributed by atoms with Crippen LogP contribution in [0.25, 0.3) is 0 Å². The molecule has 0 bridgehead atoms. The van der Waals surface area contributed by atoms with Gasteiger partial charge in [0.15, 0.2) is 21.4 Å². The van der Waals surface area contributed by atoms with Gasteiger partial charge in [0.2, 0.25) is 0 Å². The zero-order valence-electron chi connectivity index (χ0n) is 13.9. The topological polar surface area (TPSA) is 81.2 Å². The fourth-order valence-corrected chi connectivity index (χ4v) is 2.73. The third-order valence-electron chi connectivity index (χ3n) is 3.50. The van der Waals surface area contributed by atoms with E-state index in [2.05, 4.69) is 15.3 Å². The summed E-state index contributed by atoms with van der Waals surface area (Å²) in [6.45, 7) is 0.329. The zero-order valence-corrected chi connectivity index (χ0v) is 14.7. The van der Waals surface area contributed by atoms with Crippen LogP contribution in [0.1, 0.15) is 5.56 Å². The van der Waals surface area contributed by atoms with Gasteiger partial charge in [-0.25, -0.2) is 17.8 Å². The average molecular weight is 373 g/mol. The molecule has 8 heteroatoms. The number of anilines is 1. The predicted octanol–water partition coefficient (Wildman–Crippen LogP) is 3.42. The molecule has 0 saturated carbocycles. The number of sulfone groups is 1. The summed E-state index contributed by atoms with van der Waals surface area (Å²) < 4.78 is 42.4. The minimum Gasteiger partial charge on any atom is -0.453 e. The van der Waals surface area contributed by atoms with Crippen LogP contribution in [0, 0.1) is 5.82 Å². The van der Waals surface area contributed by atoms with Crippen LogP contribution in [0.15, 0.2) is 66.0 Å². The van der Waals surface area contributed by atoms with E-state index in [9.17, 15) is 12.8 Å².